The zero-order chi connectivity index (χ0) is 27.4. The van der Waals surface area contributed by atoms with Crippen LogP contribution in [0.25, 0.3) is 0 Å². The number of likely N-dealkylation sites (N-methyl/N-ethyl adjacent to an activating group) is 2. The summed E-state index contributed by atoms with van der Waals surface area (Å²) in [6.07, 6.45) is 0.826. The Hall–Kier alpha value is -3.40. The lowest BCUT2D eigenvalue weighted by atomic mass is 9.96. The molecule has 0 saturated carbocycles. The van der Waals surface area contributed by atoms with Gasteiger partial charge in [-0.25, -0.2) is 0 Å². The van der Waals surface area contributed by atoms with Gasteiger partial charge in [0.15, 0.2) is 5.75 Å². The van der Waals surface area contributed by atoms with E-state index in [9.17, 15) is 4.79 Å². The molecule has 2 heterocycles. The fraction of sp³-hybridized carbons (Fsp3) is 0.367. The molecule has 9 heteroatoms. The van der Waals surface area contributed by atoms with Crippen molar-refractivity contribution in [3.63, 3.8) is 0 Å². The van der Waals surface area contributed by atoms with Crippen LogP contribution in [0.15, 0.2) is 65.6 Å². The Bertz CT molecular complexity index is 1330. The second-order valence-electron chi connectivity index (χ2n) is 9.80. The van der Waals surface area contributed by atoms with Gasteiger partial charge in [-0.15, -0.1) is 11.8 Å². The number of anilines is 1. The van der Waals surface area contributed by atoms with Crippen molar-refractivity contribution in [1.29, 1.82) is 0 Å². The second-order valence-corrected chi connectivity index (χ2v) is 11.3. The van der Waals surface area contributed by atoms with Gasteiger partial charge in [-0.3, -0.25) is 4.79 Å². The first-order valence-electron chi connectivity index (χ1n) is 13.0. The third-order valence-electron chi connectivity index (χ3n) is 7.04. The van der Waals surface area contributed by atoms with Gasteiger partial charge in [0, 0.05) is 42.2 Å². The number of carbonyl (C=O) groups is 1. The number of para-hydroxylation sites is 1. The number of fused-ring (bicyclic) bond motifs is 2. The summed E-state index contributed by atoms with van der Waals surface area (Å²) >= 11 is 1.55. The minimum atomic E-state index is -0.851. The number of hydrogen-bond donors (Lipinski definition) is 0. The molecule has 0 N–H and O–H groups in total. The zero-order valence-electron chi connectivity index (χ0n) is 22.8. The number of thioether (sulfide) groups is 1. The summed E-state index contributed by atoms with van der Waals surface area (Å²) in [5.41, 5.74) is 2.75. The van der Waals surface area contributed by atoms with Crippen LogP contribution in [0, 0.1) is 0 Å². The van der Waals surface area contributed by atoms with Crippen molar-refractivity contribution < 1.29 is 28.8 Å². The van der Waals surface area contributed by atoms with E-state index >= 15 is 0 Å². The highest BCUT2D eigenvalue weighted by molar-refractivity contribution is 8.01. The molecule has 5 rings (SSSR count). The summed E-state index contributed by atoms with van der Waals surface area (Å²) < 4.78 is 16.8. The number of nitrogens with zero attached hydrogens (tertiary/aromatic N) is 2. The van der Waals surface area contributed by atoms with Crippen LogP contribution in [0.1, 0.15) is 24.5 Å². The van der Waals surface area contributed by atoms with Gasteiger partial charge < -0.3 is 28.9 Å². The first-order valence-corrected chi connectivity index (χ1v) is 13.8. The highest BCUT2D eigenvalue weighted by Gasteiger charge is 2.45. The van der Waals surface area contributed by atoms with E-state index in [-0.39, 0.29) is 5.91 Å². The van der Waals surface area contributed by atoms with Crippen LogP contribution in [0.2, 0.25) is 0 Å². The van der Waals surface area contributed by atoms with Crippen molar-refractivity contribution >= 4 is 23.4 Å². The molecule has 1 unspecified atom stereocenters. The smallest absolute Gasteiger partial charge is 0.247 e. The summed E-state index contributed by atoms with van der Waals surface area (Å²) in [5.74, 6) is 2.87. The summed E-state index contributed by atoms with van der Waals surface area (Å²) in [6, 6.07) is 19.4. The van der Waals surface area contributed by atoms with Crippen molar-refractivity contribution in [2.24, 2.45) is 0 Å². The van der Waals surface area contributed by atoms with Crippen LogP contribution in [0.4, 0.5) is 5.69 Å². The molecule has 3 aromatic rings. The van der Waals surface area contributed by atoms with Gasteiger partial charge in [0.2, 0.25) is 5.91 Å². The Labute approximate surface area is 233 Å². The quantitative estimate of drug-likeness (QED) is 0.236. The normalized spacial score (nSPS) is 18.0. The van der Waals surface area contributed by atoms with E-state index in [4.69, 9.17) is 24.0 Å². The van der Waals surface area contributed by atoms with Crippen molar-refractivity contribution in [1.82, 2.24) is 4.90 Å². The molecule has 39 heavy (non-hydrogen) atoms. The molecule has 0 bridgehead atoms. The van der Waals surface area contributed by atoms with E-state index in [1.165, 1.54) is 0 Å². The number of rotatable bonds is 11. The van der Waals surface area contributed by atoms with Crippen molar-refractivity contribution in [2.75, 3.05) is 52.4 Å². The van der Waals surface area contributed by atoms with Gasteiger partial charge in [0.25, 0.3) is 0 Å². The molecule has 8 nitrogen and oxygen atoms in total. The van der Waals surface area contributed by atoms with Crippen LogP contribution in [0.3, 0.4) is 0 Å². The third-order valence-corrected chi connectivity index (χ3v) is 8.41. The molecule has 0 fully saturated rings. The summed E-state index contributed by atoms with van der Waals surface area (Å²) in [4.78, 5) is 28.7. The monoisotopic (exact) mass is 550 g/mol. The van der Waals surface area contributed by atoms with Gasteiger partial charge in [-0.2, -0.15) is 4.89 Å². The Morgan fingerprint density at radius 1 is 1.03 bits per heavy atom. The highest BCUT2D eigenvalue weighted by atomic mass is 32.2. The standard InChI is InChI=1S/C30H34N2O6S/c1-30(29(33)32(3)25-8-5-6-9-28(25)39-30)24-18-22(34-4)12-13-26(24)36-16-7-14-31(2)15-17-35-23-11-10-21-20-37-38-27(21)19-23/h5-6,8-13,18-19H,7,14-17,20H2,1-4H3. The first-order chi connectivity index (χ1) is 18.9. The Morgan fingerprint density at radius 2 is 1.85 bits per heavy atom. The maximum Gasteiger partial charge on any atom is 0.247 e. The average molecular weight is 551 g/mol. The molecule has 2 aliphatic rings. The molecule has 1 atom stereocenters. The van der Waals surface area contributed by atoms with E-state index in [1.807, 2.05) is 74.6 Å². The Morgan fingerprint density at radius 3 is 2.69 bits per heavy atom. The molecule has 3 aromatic carbocycles. The molecule has 0 saturated heterocycles. The summed E-state index contributed by atoms with van der Waals surface area (Å²) in [5, 5.41) is 0. The SMILES string of the molecule is COc1ccc(OCCCN(C)CCOc2ccc3c(c2)OOC3)c(C2(C)Sc3ccccc3N(C)C2=O)c1. The van der Waals surface area contributed by atoms with E-state index < -0.39 is 4.75 Å². The zero-order valence-corrected chi connectivity index (χ0v) is 23.6. The van der Waals surface area contributed by atoms with Gasteiger partial charge in [0.05, 0.1) is 19.4 Å². The van der Waals surface area contributed by atoms with Crippen LogP contribution in [-0.2, 0) is 21.0 Å². The maximum absolute atomic E-state index is 13.6. The topological polar surface area (TPSA) is 69.7 Å². The molecular formula is C30H34N2O6S. The van der Waals surface area contributed by atoms with Gasteiger partial charge >= 0.3 is 0 Å². The van der Waals surface area contributed by atoms with Crippen molar-refractivity contribution in [3.8, 4) is 23.0 Å². The Kier molecular flexibility index (Phi) is 8.20. The molecule has 0 aliphatic carbocycles. The van der Waals surface area contributed by atoms with Crippen LogP contribution in [0.5, 0.6) is 23.0 Å². The van der Waals surface area contributed by atoms with Crippen molar-refractivity contribution in [3.05, 3.63) is 71.8 Å². The van der Waals surface area contributed by atoms with Crippen LogP contribution in [-0.4, -0.2) is 58.3 Å². The molecule has 0 radical (unpaired) electrons. The van der Waals surface area contributed by atoms with E-state index in [0.717, 1.165) is 47.0 Å². The van der Waals surface area contributed by atoms with E-state index in [1.54, 1.807) is 23.8 Å². The predicted molar refractivity (Wildman–Crippen MR) is 151 cm³/mol. The lowest BCUT2D eigenvalue weighted by molar-refractivity contribution is -0.194. The first kappa shape index (κ1) is 27.2. The average Bonchev–Trinajstić information content (AvgIpc) is 3.42. The van der Waals surface area contributed by atoms with Gasteiger partial charge in [-0.1, -0.05) is 12.1 Å². The lowest BCUT2D eigenvalue weighted by Crippen LogP contribution is -2.44. The predicted octanol–water partition coefficient (Wildman–Crippen LogP) is 5.28. The van der Waals surface area contributed by atoms with Crippen molar-refractivity contribution in [2.45, 2.75) is 29.6 Å². The number of hydrogen-bond acceptors (Lipinski definition) is 8. The molecule has 206 valence electrons. The Balaban J connectivity index is 1.17. The largest absolute Gasteiger partial charge is 0.497 e. The molecule has 0 spiro atoms. The van der Waals surface area contributed by atoms with Crippen LogP contribution >= 0.6 is 11.8 Å². The second kappa shape index (κ2) is 11.8. The fourth-order valence-electron chi connectivity index (χ4n) is 4.74. The number of methoxy groups -OCH3 is 1. The molecular weight excluding hydrogens is 516 g/mol. The number of amides is 1. The maximum atomic E-state index is 13.6. The number of carbonyl (C=O) groups excluding carboxylic acids is 1. The third kappa shape index (κ3) is 5.80. The van der Waals surface area contributed by atoms with E-state index in [0.29, 0.717) is 37.1 Å². The minimum Gasteiger partial charge on any atom is -0.497 e. The molecule has 1 amide bonds. The fourth-order valence-corrected chi connectivity index (χ4v) is 6.13. The summed E-state index contributed by atoms with van der Waals surface area (Å²) in [6.45, 7) is 5.13. The highest BCUT2D eigenvalue weighted by Crippen LogP contribution is 2.52. The summed E-state index contributed by atoms with van der Waals surface area (Å²) in [7, 11) is 5.52. The van der Waals surface area contributed by atoms with E-state index in [2.05, 4.69) is 11.9 Å². The van der Waals surface area contributed by atoms with Crippen LogP contribution < -0.4 is 24.0 Å². The minimum absolute atomic E-state index is 0.00601. The van der Waals surface area contributed by atoms with Gasteiger partial charge in [0.1, 0.15) is 35.2 Å². The van der Waals surface area contributed by atoms with Gasteiger partial charge in [-0.05, 0) is 62.9 Å². The molecule has 2 aliphatic heterocycles. The number of ether oxygens (including phenoxy) is 3. The molecule has 0 aromatic heterocycles. The number of benzene rings is 3. The lowest BCUT2D eigenvalue weighted by Gasteiger charge is -2.39.